The summed E-state index contributed by atoms with van der Waals surface area (Å²) in [7, 11) is -1.25. The minimum absolute atomic E-state index is 0.133. The topological polar surface area (TPSA) is 57.7 Å². The number of rotatable bonds is 3. The molecule has 2 aliphatic rings. The number of nitrogens with zero attached hydrogens (tertiary/aromatic N) is 2. The average Bonchev–Trinajstić information content (AvgIpc) is 2.91. The molecule has 2 fully saturated rings. The molecule has 23 heavy (non-hydrogen) atoms. The zero-order chi connectivity index (χ0) is 16.8. The second-order valence-electron chi connectivity index (χ2n) is 6.04. The fraction of sp³-hybridized carbons (Fsp3) is 0.533. The van der Waals surface area contributed by atoms with Gasteiger partial charge in [0.1, 0.15) is 10.7 Å². The van der Waals surface area contributed by atoms with Crippen LogP contribution in [0.1, 0.15) is 29.6 Å². The standard InChI is InChI=1S/C15H19FN2O3S2/c1-17(2)23(20,21)13-10-11(4-5-12(13)16)14(19)18-8-9-22-15(18)6-3-7-15/h4-5,10H,3,6-9H2,1-2H3. The molecular formula is C15H19FN2O3S2. The highest BCUT2D eigenvalue weighted by molar-refractivity contribution is 8.00. The van der Waals surface area contributed by atoms with Gasteiger partial charge in [0.05, 0.1) is 4.87 Å². The predicted octanol–water partition coefficient (Wildman–Crippen LogP) is 2.15. The molecule has 1 aliphatic carbocycles. The van der Waals surface area contributed by atoms with Crippen molar-refractivity contribution < 1.29 is 17.6 Å². The predicted molar refractivity (Wildman–Crippen MR) is 87.3 cm³/mol. The molecule has 1 saturated heterocycles. The second kappa shape index (κ2) is 5.75. The smallest absolute Gasteiger partial charge is 0.255 e. The van der Waals surface area contributed by atoms with Crippen LogP contribution < -0.4 is 0 Å². The average molecular weight is 358 g/mol. The van der Waals surface area contributed by atoms with Crippen LogP contribution in [-0.2, 0) is 10.0 Å². The Morgan fingerprint density at radius 2 is 2.04 bits per heavy atom. The molecular weight excluding hydrogens is 339 g/mol. The van der Waals surface area contributed by atoms with Crippen molar-refractivity contribution in [1.82, 2.24) is 9.21 Å². The van der Waals surface area contributed by atoms with E-state index < -0.39 is 20.7 Å². The Kier molecular flexibility index (Phi) is 4.18. The van der Waals surface area contributed by atoms with Crippen molar-refractivity contribution in [1.29, 1.82) is 0 Å². The van der Waals surface area contributed by atoms with E-state index in [9.17, 15) is 17.6 Å². The molecule has 1 saturated carbocycles. The van der Waals surface area contributed by atoms with Gasteiger partial charge in [-0.15, -0.1) is 11.8 Å². The third-order valence-electron chi connectivity index (χ3n) is 4.49. The van der Waals surface area contributed by atoms with Gasteiger partial charge in [0.2, 0.25) is 10.0 Å². The maximum atomic E-state index is 14.0. The number of hydrogen-bond acceptors (Lipinski definition) is 4. The van der Waals surface area contributed by atoms with Gasteiger partial charge in [0, 0.05) is 32.0 Å². The number of carbonyl (C=O) groups is 1. The summed E-state index contributed by atoms with van der Waals surface area (Å²) in [5.41, 5.74) is 0.223. The van der Waals surface area contributed by atoms with Crippen molar-refractivity contribution in [3.05, 3.63) is 29.6 Å². The summed E-state index contributed by atoms with van der Waals surface area (Å²) in [6, 6.07) is 3.57. The van der Waals surface area contributed by atoms with Gasteiger partial charge in [-0.2, -0.15) is 0 Å². The zero-order valence-corrected chi connectivity index (χ0v) is 14.7. The van der Waals surface area contributed by atoms with Crippen molar-refractivity contribution in [2.24, 2.45) is 0 Å². The van der Waals surface area contributed by atoms with Crippen LogP contribution in [0.3, 0.4) is 0 Å². The maximum absolute atomic E-state index is 14.0. The molecule has 1 amide bonds. The maximum Gasteiger partial charge on any atom is 0.255 e. The van der Waals surface area contributed by atoms with Gasteiger partial charge < -0.3 is 4.90 Å². The highest BCUT2D eigenvalue weighted by atomic mass is 32.2. The van der Waals surface area contributed by atoms with Gasteiger partial charge in [-0.25, -0.2) is 17.1 Å². The van der Waals surface area contributed by atoms with Crippen molar-refractivity contribution >= 4 is 27.7 Å². The number of sulfonamides is 1. The van der Waals surface area contributed by atoms with E-state index in [1.807, 2.05) is 4.90 Å². The third kappa shape index (κ3) is 2.66. The van der Waals surface area contributed by atoms with Gasteiger partial charge >= 0.3 is 0 Å². The largest absolute Gasteiger partial charge is 0.323 e. The molecule has 1 aromatic carbocycles. The van der Waals surface area contributed by atoms with E-state index in [1.165, 1.54) is 20.2 Å². The number of benzene rings is 1. The summed E-state index contributed by atoms with van der Waals surface area (Å²) in [5, 5.41) is 0. The lowest BCUT2D eigenvalue weighted by molar-refractivity contribution is 0.0560. The van der Waals surface area contributed by atoms with E-state index in [2.05, 4.69) is 0 Å². The molecule has 8 heteroatoms. The first-order valence-electron chi connectivity index (χ1n) is 7.46. The molecule has 0 aromatic heterocycles. The molecule has 1 heterocycles. The molecule has 0 unspecified atom stereocenters. The number of carbonyl (C=O) groups excluding carboxylic acids is 1. The molecule has 0 bridgehead atoms. The van der Waals surface area contributed by atoms with Crippen LogP contribution >= 0.6 is 11.8 Å². The number of amides is 1. The number of hydrogen-bond donors (Lipinski definition) is 0. The monoisotopic (exact) mass is 358 g/mol. The summed E-state index contributed by atoms with van der Waals surface area (Å²) < 4.78 is 39.3. The summed E-state index contributed by atoms with van der Waals surface area (Å²) in [4.78, 5) is 14.0. The van der Waals surface area contributed by atoms with Crippen molar-refractivity contribution in [2.45, 2.75) is 29.0 Å². The van der Waals surface area contributed by atoms with Gasteiger partial charge in [0.25, 0.3) is 5.91 Å². The van der Waals surface area contributed by atoms with Crippen LogP contribution in [0.15, 0.2) is 23.1 Å². The molecule has 1 spiro atoms. The molecule has 1 aliphatic heterocycles. The van der Waals surface area contributed by atoms with Gasteiger partial charge in [0.15, 0.2) is 0 Å². The zero-order valence-electron chi connectivity index (χ0n) is 13.1. The minimum atomic E-state index is -3.93. The Labute approximate surface area is 139 Å². The van der Waals surface area contributed by atoms with Crippen molar-refractivity contribution in [3.8, 4) is 0 Å². The lowest BCUT2D eigenvalue weighted by Crippen LogP contribution is -2.50. The first-order chi connectivity index (χ1) is 10.8. The molecule has 126 valence electrons. The second-order valence-corrected chi connectivity index (χ2v) is 9.61. The van der Waals surface area contributed by atoms with Crippen molar-refractivity contribution in [2.75, 3.05) is 26.4 Å². The summed E-state index contributed by atoms with van der Waals surface area (Å²) in [5.74, 6) is -0.176. The Hall–Kier alpha value is -1.12. The lowest BCUT2D eigenvalue weighted by atomic mass is 9.90. The quantitative estimate of drug-likeness (QED) is 0.831. The molecule has 0 N–H and O–H groups in total. The van der Waals surface area contributed by atoms with Gasteiger partial charge in [-0.3, -0.25) is 4.79 Å². The molecule has 1 aromatic rings. The van der Waals surface area contributed by atoms with E-state index in [4.69, 9.17) is 0 Å². The fourth-order valence-electron chi connectivity index (χ4n) is 2.98. The van der Waals surface area contributed by atoms with Crippen molar-refractivity contribution in [3.63, 3.8) is 0 Å². The van der Waals surface area contributed by atoms with E-state index in [0.717, 1.165) is 41.5 Å². The Balaban J connectivity index is 1.97. The van der Waals surface area contributed by atoms with Crippen LogP contribution in [0, 0.1) is 5.82 Å². The van der Waals surface area contributed by atoms with Crippen LogP contribution in [0.4, 0.5) is 4.39 Å². The van der Waals surface area contributed by atoms with E-state index in [-0.39, 0.29) is 16.3 Å². The van der Waals surface area contributed by atoms with Crippen LogP contribution in [0.5, 0.6) is 0 Å². The first-order valence-corrected chi connectivity index (χ1v) is 9.88. The molecule has 3 rings (SSSR count). The Morgan fingerprint density at radius 3 is 2.61 bits per heavy atom. The highest BCUT2D eigenvalue weighted by Gasteiger charge is 2.48. The van der Waals surface area contributed by atoms with Gasteiger partial charge in [-0.1, -0.05) is 0 Å². The summed E-state index contributed by atoms with van der Waals surface area (Å²) in [6.45, 7) is 0.649. The Morgan fingerprint density at radius 1 is 1.35 bits per heavy atom. The number of thioether (sulfide) groups is 1. The SMILES string of the molecule is CN(C)S(=O)(=O)c1cc(C(=O)N2CCSC23CCC3)ccc1F. The lowest BCUT2D eigenvalue weighted by Gasteiger charge is -2.44. The Bertz CT molecular complexity index is 745. The van der Waals surface area contributed by atoms with E-state index >= 15 is 0 Å². The van der Waals surface area contributed by atoms with Gasteiger partial charge in [-0.05, 0) is 37.5 Å². The summed E-state index contributed by atoms with van der Waals surface area (Å²) >= 11 is 1.78. The number of halogens is 1. The normalized spacial score (nSPS) is 20.1. The molecule has 0 atom stereocenters. The van der Waals surface area contributed by atoms with E-state index in [0.29, 0.717) is 6.54 Å². The third-order valence-corrected chi connectivity index (χ3v) is 7.88. The fourth-order valence-corrected chi connectivity index (χ4v) is 5.52. The highest BCUT2D eigenvalue weighted by Crippen LogP contribution is 2.50. The minimum Gasteiger partial charge on any atom is -0.323 e. The molecule has 5 nitrogen and oxygen atoms in total. The van der Waals surface area contributed by atoms with Crippen LogP contribution in [-0.4, -0.2) is 54.8 Å². The first kappa shape index (κ1) is 16.7. The van der Waals surface area contributed by atoms with Crippen LogP contribution in [0.2, 0.25) is 0 Å². The molecule has 0 radical (unpaired) electrons. The summed E-state index contributed by atoms with van der Waals surface area (Å²) in [6.07, 6.45) is 3.03. The van der Waals surface area contributed by atoms with E-state index in [1.54, 1.807) is 11.8 Å². The van der Waals surface area contributed by atoms with Crippen LogP contribution in [0.25, 0.3) is 0 Å².